The molecule has 4 nitrogen and oxygen atoms in total. The summed E-state index contributed by atoms with van der Waals surface area (Å²) in [6.07, 6.45) is 1.99. The standard InChI is InChI=1S/C18H26N2O2/c1-18(2,3)22-17(21)20-12-14-9-15(20)10-16(14)19-11-13-7-5-4-6-8-13/h4-8,14-16,19H,9-12H2,1-3H3/t14-,15+,16-/m0/s1. The molecule has 2 fully saturated rings. The van der Waals surface area contributed by atoms with Gasteiger partial charge in [-0.3, -0.25) is 0 Å². The fourth-order valence-corrected chi connectivity index (χ4v) is 3.59. The van der Waals surface area contributed by atoms with Crippen LogP contribution in [0.5, 0.6) is 0 Å². The molecule has 22 heavy (non-hydrogen) atoms. The number of fused-ring (bicyclic) bond motifs is 2. The lowest BCUT2D eigenvalue weighted by Crippen LogP contribution is -2.47. The Bertz CT molecular complexity index is 524. The van der Waals surface area contributed by atoms with Gasteiger partial charge in [-0.1, -0.05) is 30.3 Å². The molecule has 1 saturated heterocycles. The third-order valence-electron chi connectivity index (χ3n) is 4.58. The van der Waals surface area contributed by atoms with E-state index in [4.69, 9.17) is 4.74 Å². The van der Waals surface area contributed by atoms with E-state index in [2.05, 4.69) is 29.6 Å². The molecule has 1 heterocycles. The number of amides is 1. The van der Waals surface area contributed by atoms with Crippen LogP contribution in [0.25, 0.3) is 0 Å². The normalized spacial score (nSPS) is 27.2. The zero-order valence-corrected chi connectivity index (χ0v) is 13.7. The first-order valence-corrected chi connectivity index (χ1v) is 8.19. The second-order valence-electron chi connectivity index (χ2n) is 7.49. The van der Waals surface area contributed by atoms with E-state index in [1.807, 2.05) is 31.7 Å². The average Bonchev–Trinajstić information content (AvgIpc) is 3.04. The Morgan fingerprint density at radius 2 is 2.00 bits per heavy atom. The number of hydrogen-bond acceptors (Lipinski definition) is 3. The molecule has 4 heteroatoms. The van der Waals surface area contributed by atoms with E-state index < -0.39 is 5.60 Å². The number of carbonyl (C=O) groups excluding carboxylic acids is 1. The van der Waals surface area contributed by atoms with Gasteiger partial charge in [0.25, 0.3) is 0 Å². The van der Waals surface area contributed by atoms with Gasteiger partial charge in [0, 0.05) is 25.2 Å². The van der Waals surface area contributed by atoms with E-state index in [1.54, 1.807) is 0 Å². The maximum atomic E-state index is 12.2. The number of carbonyl (C=O) groups is 1. The third-order valence-corrected chi connectivity index (χ3v) is 4.58. The number of benzene rings is 1. The van der Waals surface area contributed by atoms with Crippen LogP contribution in [0.2, 0.25) is 0 Å². The molecule has 1 aliphatic heterocycles. The van der Waals surface area contributed by atoms with Crippen LogP contribution >= 0.6 is 0 Å². The summed E-state index contributed by atoms with van der Waals surface area (Å²) in [6.45, 7) is 7.49. The van der Waals surface area contributed by atoms with Crippen molar-refractivity contribution >= 4 is 6.09 Å². The van der Waals surface area contributed by atoms with Gasteiger partial charge >= 0.3 is 6.09 Å². The summed E-state index contributed by atoms with van der Waals surface area (Å²) in [5.41, 5.74) is 0.901. The van der Waals surface area contributed by atoms with E-state index >= 15 is 0 Å². The smallest absolute Gasteiger partial charge is 0.410 e. The molecule has 1 amide bonds. The topological polar surface area (TPSA) is 41.6 Å². The highest BCUT2D eigenvalue weighted by atomic mass is 16.6. The molecule has 1 aliphatic carbocycles. The fraction of sp³-hybridized carbons (Fsp3) is 0.611. The predicted molar refractivity (Wildman–Crippen MR) is 86.5 cm³/mol. The predicted octanol–water partition coefficient (Wildman–Crippen LogP) is 3.17. The number of hydrogen-bond donors (Lipinski definition) is 1. The van der Waals surface area contributed by atoms with Gasteiger partial charge in [0.15, 0.2) is 0 Å². The Kier molecular flexibility index (Phi) is 4.13. The first-order chi connectivity index (χ1) is 10.4. The lowest BCUT2D eigenvalue weighted by Gasteiger charge is -2.33. The van der Waals surface area contributed by atoms with E-state index in [0.29, 0.717) is 18.0 Å². The van der Waals surface area contributed by atoms with Crippen LogP contribution in [-0.2, 0) is 11.3 Å². The molecule has 2 aliphatic rings. The molecule has 1 saturated carbocycles. The summed E-state index contributed by atoms with van der Waals surface area (Å²) in [5.74, 6) is 0.557. The van der Waals surface area contributed by atoms with Gasteiger partial charge in [0.2, 0.25) is 0 Å². The lowest BCUT2D eigenvalue weighted by atomic mass is 10.0. The van der Waals surface area contributed by atoms with Gasteiger partial charge in [-0.2, -0.15) is 0 Å². The van der Waals surface area contributed by atoms with Gasteiger partial charge in [-0.15, -0.1) is 0 Å². The number of likely N-dealkylation sites (tertiary alicyclic amines) is 1. The minimum absolute atomic E-state index is 0.151. The van der Waals surface area contributed by atoms with Crippen molar-refractivity contribution in [2.75, 3.05) is 6.54 Å². The van der Waals surface area contributed by atoms with Crippen molar-refractivity contribution in [3.05, 3.63) is 35.9 Å². The van der Waals surface area contributed by atoms with E-state index in [-0.39, 0.29) is 6.09 Å². The molecule has 120 valence electrons. The van der Waals surface area contributed by atoms with Crippen molar-refractivity contribution in [2.24, 2.45) is 5.92 Å². The summed E-state index contributed by atoms with van der Waals surface area (Å²) in [6, 6.07) is 11.3. The van der Waals surface area contributed by atoms with Crippen molar-refractivity contribution in [3.8, 4) is 0 Å². The van der Waals surface area contributed by atoms with E-state index in [9.17, 15) is 4.79 Å². The quantitative estimate of drug-likeness (QED) is 0.932. The Labute approximate surface area is 132 Å². The minimum atomic E-state index is -0.413. The minimum Gasteiger partial charge on any atom is -0.444 e. The first-order valence-electron chi connectivity index (χ1n) is 8.19. The fourth-order valence-electron chi connectivity index (χ4n) is 3.59. The number of ether oxygens (including phenoxy) is 1. The van der Waals surface area contributed by atoms with E-state index in [0.717, 1.165) is 25.9 Å². The van der Waals surface area contributed by atoms with Gasteiger partial charge < -0.3 is 15.0 Å². The van der Waals surface area contributed by atoms with Crippen LogP contribution < -0.4 is 5.32 Å². The molecule has 2 bridgehead atoms. The molecule has 0 unspecified atom stereocenters. The summed E-state index contributed by atoms with van der Waals surface area (Å²) in [4.78, 5) is 14.1. The molecule has 3 atom stereocenters. The second kappa shape index (κ2) is 5.92. The zero-order chi connectivity index (χ0) is 15.7. The van der Waals surface area contributed by atoms with Gasteiger partial charge in [0.05, 0.1) is 0 Å². The summed E-state index contributed by atoms with van der Waals surface area (Å²) in [7, 11) is 0. The highest BCUT2D eigenvalue weighted by Gasteiger charge is 2.47. The number of rotatable bonds is 3. The van der Waals surface area contributed by atoms with Crippen LogP contribution in [0.4, 0.5) is 4.79 Å². The molecule has 3 rings (SSSR count). The monoisotopic (exact) mass is 302 g/mol. The maximum absolute atomic E-state index is 12.2. The van der Waals surface area contributed by atoms with Crippen molar-refractivity contribution in [2.45, 2.75) is 57.8 Å². The number of nitrogens with one attached hydrogen (secondary N) is 1. The number of piperidine rings is 1. The molecular weight excluding hydrogens is 276 g/mol. The average molecular weight is 302 g/mol. The lowest BCUT2D eigenvalue weighted by molar-refractivity contribution is 0.0174. The highest BCUT2D eigenvalue weighted by Crippen LogP contribution is 2.38. The molecule has 0 spiro atoms. The molecule has 0 radical (unpaired) electrons. The van der Waals surface area contributed by atoms with Crippen molar-refractivity contribution in [3.63, 3.8) is 0 Å². The second-order valence-corrected chi connectivity index (χ2v) is 7.49. The van der Waals surface area contributed by atoms with Gasteiger partial charge in [0.1, 0.15) is 5.60 Å². The highest BCUT2D eigenvalue weighted by molar-refractivity contribution is 5.69. The zero-order valence-electron chi connectivity index (χ0n) is 13.7. The molecule has 1 N–H and O–H groups in total. The summed E-state index contributed by atoms with van der Waals surface area (Å²) < 4.78 is 5.51. The maximum Gasteiger partial charge on any atom is 0.410 e. The largest absolute Gasteiger partial charge is 0.444 e. The van der Waals surface area contributed by atoms with Crippen molar-refractivity contribution < 1.29 is 9.53 Å². The summed E-state index contributed by atoms with van der Waals surface area (Å²) >= 11 is 0. The SMILES string of the molecule is CC(C)(C)OC(=O)N1C[C@@H]2C[C@@H]1C[C@@H]2NCc1ccccc1. The Balaban J connectivity index is 1.50. The third kappa shape index (κ3) is 3.43. The van der Waals surface area contributed by atoms with Crippen LogP contribution in [0, 0.1) is 5.92 Å². The van der Waals surface area contributed by atoms with Crippen molar-refractivity contribution in [1.29, 1.82) is 0 Å². The van der Waals surface area contributed by atoms with Crippen LogP contribution in [0.15, 0.2) is 30.3 Å². The molecule has 1 aromatic carbocycles. The first kappa shape index (κ1) is 15.3. The Morgan fingerprint density at radius 1 is 1.27 bits per heavy atom. The van der Waals surface area contributed by atoms with Crippen LogP contribution in [0.1, 0.15) is 39.2 Å². The molecule has 0 aromatic heterocycles. The Hall–Kier alpha value is -1.55. The van der Waals surface area contributed by atoms with Crippen LogP contribution in [0.3, 0.4) is 0 Å². The van der Waals surface area contributed by atoms with Gasteiger partial charge in [-0.05, 0) is 45.1 Å². The molecular formula is C18H26N2O2. The van der Waals surface area contributed by atoms with E-state index in [1.165, 1.54) is 5.56 Å². The summed E-state index contributed by atoms with van der Waals surface area (Å²) in [5, 5.41) is 3.66. The van der Waals surface area contributed by atoms with Gasteiger partial charge in [-0.25, -0.2) is 4.79 Å². The molecule has 1 aromatic rings. The number of nitrogens with zero attached hydrogens (tertiary/aromatic N) is 1. The van der Waals surface area contributed by atoms with Crippen LogP contribution in [-0.4, -0.2) is 35.2 Å². The Morgan fingerprint density at radius 3 is 2.59 bits per heavy atom. The van der Waals surface area contributed by atoms with Crippen molar-refractivity contribution in [1.82, 2.24) is 10.2 Å².